The molecule has 0 aromatic rings. The molecule has 2 aliphatic heterocycles. The van der Waals surface area contributed by atoms with Crippen molar-refractivity contribution in [2.45, 2.75) is 45.1 Å². The summed E-state index contributed by atoms with van der Waals surface area (Å²) in [5.41, 5.74) is 0. The van der Waals surface area contributed by atoms with Crippen molar-refractivity contribution in [2.24, 2.45) is 11.8 Å². The van der Waals surface area contributed by atoms with Gasteiger partial charge in [0.15, 0.2) is 0 Å². The molecule has 3 heteroatoms. The zero-order valence-corrected chi connectivity index (χ0v) is 12.2. The summed E-state index contributed by atoms with van der Waals surface area (Å²) in [5, 5.41) is 3.70. The standard InChI is InChI=1S/C15H30N2O/c1-3-13-4-7-16-15(10-13)11-17-8-5-14(6-9-17)12-18-2/h13-16H,3-12H2,1-2H3. The van der Waals surface area contributed by atoms with Crippen LogP contribution in [0.25, 0.3) is 0 Å². The SMILES string of the molecule is CCC1CCNC(CN2CCC(COC)CC2)C1. The molecule has 0 bridgehead atoms. The molecule has 0 aromatic carbocycles. The van der Waals surface area contributed by atoms with Crippen molar-refractivity contribution in [3.63, 3.8) is 0 Å². The lowest BCUT2D eigenvalue weighted by molar-refractivity contribution is 0.0911. The molecule has 2 atom stereocenters. The van der Waals surface area contributed by atoms with Crippen LogP contribution in [-0.2, 0) is 4.74 Å². The molecule has 2 aliphatic rings. The summed E-state index contributed by atoms with van der Waals surface area (Å²) in [5.74, 6) is 1.76. The van der Waals surface area contributed by atoms with Gasteiger partial charge in [0.2, 0.25) is 0 Å². The average Bonchev–Trinajstić information content (AvgIpc) is 2.42. The third kappa shape index (κ3) is 4.22. The van der Waals surface area contributed by atoms with Crippen molar-refractivity contribution in [1.29, 1.82) is 0 Å². The number of hydrogen-bond acceptors (Lipinski definition) is 3. The first kappa shape index (κ1) is 14.3. The van der Waals surface area contributed by atoms with Crippen molar-refractivity contribution in [2.75, 3.05) is 39.9 Å². The molecule has 0 spiro atoms. The number of ether oxygens (including phenoxy) is 1. The smallest absolute Gasteiger partial charge is 0.0491 e. The Morgan fingerprint density at radius 2 is 1.94 bits per heavy atom. The van der Waals surface area contributed by atoms with Crippen LogP contribution in [0.15, 0.2) is 0 Å². The van der Waals surface area contributed by atoms with Gasteiger partial charge in [-0.15, -0.1) is 0 Å². The summed E-state index contributed by atoms with van der Waals surface area (Å²) in [6.07, 6.45) is 6.75. The van der Waals surface area contributed by atoms with E-state index in [2.05, 4.69) is 17.1 Å². The van der Waals surface area contributed by atoms with Crippen molar-refractivity contribution in [1.82, 2.24) is 10.2 Å². The normalized spacial score (nSPS) is 31.7. The number of rotatable bonds is 5. The van der Waals surface area contributed by atoms with E-state index in [1.807, 2.05) is 7.11 Å². The second-order valence-corrected chi connectivity index (χ2v) is 6.15. The lowest BCUT2D eigenvalue weighted by Gasteiger charge is -2.37. The van der Waals surface area contributed by atoms with Gasteiger partial charge in [-0.05, 0) is 57.2 Å². The van der Waals surface area contributed by atoms with Crippen LogP contribution in [0.1, 0.15) is 39.0 Å². The minimum atomic E-state index is 0.739. The summed E-state index contributed by atoms with van der Waals surface area (Å²) >= 11 is 0. The molecule has 2 fully saturated rings. The number of nitrogens with one attached hydrogen (secondary N) is 1. The number of hydrogen-bond donors (Lipinski definition) is 1. The fraction of sp³-hybridized carbons (Fsp3) is 1.00. The van der Waals surface area contributed by atoms with E-state index in [0.717, 1.165) is 24.5 Å². The van der Waals surface area contributed by atoms with Gasteiger partial charge in [0.25, 0.3) is 0 Å². The molecule has 106 valence electrons. The van der Waals surface area contributed by atoms with Gasteiger partial charge in [-0.1, -0.05) is 13.3 Å². The zero-order chi connectivity index (χ0) is 12.8. The first-order valence-electron chi connectivity index (χ1n) is 7.76. The van der Waals surface area contributed by atoms with Gasteiger partial charge in [0.05, 0.1) is 0 Å². The van der Waals surface area contributed by atoms with Gasteiger partial charge < -0.3 is 15.0 Å². The largest absolute Gasteiger partial charge is 0.384 e. The molecule has 2 rings (SSSR count). The van der Waals surface area contributed by atoms with Crippen molar-refractivity contribution in [3.05, 3.63) is 0 Å². The molecule has 2 heterocycles. The number of likely N-dealkylation sites (tertiary alicyclic amines) is 1. The molecule has 2 unspecified atom stereocenters. The van der Waals surface area contributed by atoms with Crippen molar-refractivity contribution in [3.8, 4) is 0 Å². The highest BCUT2D eigenvalue weighted by molar-refractivity contribution is 4.82. The van der Waals surface area contributed by atoms with E-state index in [1.54, 1.807) is 0 Å². The molecule has 3 nitrogen and oxygen atoms in total. The van der Waals surface area contributed by atoms with E-state index < -0.39 is 0 Å². The summed E-state index contributed by atoms with van der Waals surface area (Å²) in [6.45, 7) is 8.31. The minimum absolute atomic E-state index is 0.739. The maximum absolute atomic E-state index is 5.26. The predicted octanol–water partition coefficient (Wildman–Crippen LogP) is 2.12. The van der Waals surface area contributed by atoms with Crippen LogP contribution >= 0.6 is 0 Å². The highest BCUT2D eigenvalue weighted by Gasteiger charge is 2.25. The van der Waals surface area contributed by atoms with Gasteiger partial charge in [0.1, 0.15) is 0 Å². The summed E-state index contributed by atoms with van der Waals surface area (Å²) in [6, 6.07) is 0.739. The highest BCUT2D eigenvalue weighted by Crippen LogP contribution is 2.22. The molecule has 0 amide bonds. The Hall–Kier alpha value is -0.120. The fourth-order valence-corrected chi connectivity index (χ4v) is 3.49. The van der Waals surface area contributed by atoms with E-state index >= 15 is 0 Å². The van der Waals surface area contributed by atoms with E-state index in [-0.39, 0.29) is 0 Å². The molecule has 0 radical (unpaired) electrons. The van der Waals surface area contributed by atoms with Crippen LogP contribution < -0.4 is 5.32 Å². The predicted molar refractivity (Wildman–Crippen MR) is 75.8 cm³/mol. The van der Waals surface area contributed by atoms with E-state index in [0.29, 0.717) is 0 Å². The fourth-order valence-electron chi connectivity index (χ4n) is 3.49. The van der Waals surface area contributed by atoms with Crippen molar-refractivity contribution < 1.29 is 4.74 Å². The monoisotopic (exact) mass is 254 g/mol. The topological polar surface area (TPSA) is 24.5 Å². The summed E-state index contributed by atoms with van der Waals surface area (Å²) < 4.78 is 5.26. The number of piperidine rings is 2. The lowest BCUT2D eigenvalue weighted by Crippen LogP contribution is -2.48. The van der Waals surface area contributed by atoms with E-state index in [4.69, 9.17) is 4.74 Å². The second kappa shape index (κ2) is 7.46. The van der Waals surface area contributed by atoms with Crippen LogP contribution in [0.4, 0.5) is 0 Å². The van der Waals surface area contributed by atoms with E-state index in [1.165, 1.54) is 58.3 Å². The Morgan fingerprint density at radius 3 is 2.61 bits per heavy atom. The van der Waals surface area contributed by atoms with Gasteiger partial charge in [0, 0.05) is 26.3 Å². The first-order valence-corrected chi connectivity index (χ1v) is 7.76. The quantitative estimate of drug-likeness (QED) is 0.813. The van der Waals surface area contributed by atoms with Crippen LogP contribution in [0, 0.1) is 11.8 Å². The van der Waals surface area contributed by atoms with Gasteiger partial charge in [-0.3, -0.25) is 0 Å². The highest BCUT2D eigenvalue weighted by atomic mass is 16.5. The van der Waals surface area contributed by atoms with Crippen molar-refractivity contribution >= 4 is 0 Å². The Labute approximate surface area is 112 Å². The van der Waals surface area contributed by atoms with Crippen LogP contribution in [0.3, 0.4) is 0 Å². The third-order valence-electron chi connectivity index (χ3n) is 4.77. The van der Waals surface area contributed by atoms with Crippen LogP contribution in [0.2, 0.25) is 0 Å². The Bertz CT molecular complexity index is 227. The second-order valence-electron chi connectivity index (χ2n) is 6.15. The molecule has 0 saturated carbocycles. The summed E-state index contributed by atoms with van der Waals surface area (Å²) in [7, 11) is 1.82. The maximum atomic E-state index is 5.26. The Kier molecular flexibility index (Phi) is 5.93. The first-order chi connectivity index (χ1) is 8.81. The molecule has 1 N–H and O–H groups in total. The van der Waals surface area contributed by atoms with Crippen LogP contribution in [0.5, 0.6) is 0 Å². The zero-order valence-electron chi connectivity index (χ0n) is 12.2. The Balaban J connectivity index is 1.67. The maximum Gasteiger partial charge on any atom is 0.0491 e. The molecule has 0 aliphatic carbocycles. The molecular weight excluding hydrogens is 224 g/mol. The number of methoxy groups -OCH3 is 1. The minimum Gasteiger partial charge on any atom is -0.384 e. The van der Waals surface area contributed by atoms with Crippen LogP contribution in [-0.4, -0.2) is 50.8 Å². The van der Waals surface area contributed by atoms with Gasteiger partial charge in [-0.25, -0.2) is 0 Å². The van der Waals surface area contributed by atoms with Gasteiger partial charge in [-0.2, -0.15) is 0 Å². The summed E-state index contributed by atoms with van der Waals surface area (Å²) in [4.78, 5) is 2.65. The average molecular weight is 254 g/mol. The van der Waals surface area contributed by atoms with E-state index in [9.17, 15) is 0 Å². The third-order valence-corrected chi connectivity index (χ3v) is 4.77. The number of nitrogens with zero attached hydrogens (tertiary/aromatic N) is 1. The van der Waals surface area contributed by atoms with Gasteiger partial charge >= 0.3 is 0 Å². The lowest BCUT2D eigenvalue weighted by atomic mass is 9.89. The molecule has 0 aromatic heterocycles. The molecular formula is C15H30N2O. The molecule has 2 saturated heterocycles. The molecule has 18 heavy (non-hydrogen) atoms. The Morgan fingerprint density at radius 1 is 1.17 bits per heavy atom.